The summed E-state index contributed by atoms with van der Waals surface area (Å²) < 4.78 is 4.87. The largest absolute Gasteiger partial charge is 0.480 e. The third-order valence-corrected chi connectivity index (χ3v) is 3.42. The maximum Gasteiger partial charge on any atom is 0.329 e. The molecule has 0 saturated carbocycles. The van der Waals surface area contributed by atoms with Gasteiger partial charge in [-0.15, -0.1) is 0 Å². The number of rotatable bonds is 5. The first-order chi connectivity index (χ1) is 9.32. The summed E-state index contributed by atoms with van der Waals surface area (Å²) in [7, 11) is 0. The highest BCUT2D eigenvalue weighted by atomic mass is 16.5. The molecule has 1 aliphatic rings. The number of carbonyl (C=O) groups is 2. The normalized spacial score (nSPS) is 17.4. The number of carbonyl (C=O) groups excluding carboxylic acids is 1. The molecule has 1 atom stereocenters. The Labute approximate surface area is 116 Å². The molecule has 1 unspecified atom stereocenters. The molecular weight excluding hydrogens is 262 g/mol. The van der Waals surface area contributed by atoms with Gasteiger partial charge in [-0.05, 0) is 37.1 Å². The number of hydrogen-bond donors (Lipinski definition) is 3. The molecule has 3 N–H and O–H groups in total. The van der Waals surface area contributed by atoms with E-state index in [4.69, 9.17) is 9.84 Å². The second-order valence-electron chi connectivity index (χ2n) is 5.31. The van der Waals surface area contributed by atoms with Crippen molar-refractivity contribution in [1.29, 1.82) is 0 Å². The van der Waals surface area contributed by atoms with Crippen molar-refractivity contribution in [2.75, 3.05) is 18.5 Å². The summed E-state index contributed by atoms with van der Waals surface area (Å²) in [5.41, 5.74) is 1.51. The van der Waals surface area contributed by atoms with Crippen molar-refractivity contribution in [3.05, 3.63) is 29.3 Å². The second-order valence-corrected chi connectivity index (χ2v) is 5.31. The molecule has 0 fully saturated rings. The predicted molar refractivity (Wildman–Crippen MR) is 71.5 cm³/mol. The number of nitrogens with one attached hydrogen (secondary N) is 1. The lowest BCUT2D eigenvalue weighted by Gasteiger charge is -2.17. The molecule has 0 aromatic heterocycles. The Morgan fingerprint density at radius 3 is 2.80 bits per heavy atom. The highest BCUT2D eigenvalue weighted by Gasteiger charge is 2.38. The van der Waals surface area contributed by atoms with E-state index in [0.717, 1.165) is 11.3 Å². The van der Waals surface area contributed by atoms with Gasteiger partial charge in [0.1, 0.15) is 12.7 Å². The van der Waals surface area contributed by atoms with E-state index in [2.05, 4.69) is 5.32 Å². The number of ether oxygens (including phenoxy) is 1. The van der Waals surface area contributed by atoms with Crippen LogP contribution in [0.3, 0.4) is 0 Å². The molecule has 2 rings (SSSR count). The average Bonchev–Trinajstić information content (AvgIpc) is 2.59. The van der Waals surface area contributed by atoms with E-state index in [1.807, 2.05) is 13.8 Å². The fourth-order valence-electron chi connectivity index (χ4n) is 2.15. The molecule has 0 aliphatic carbocycles. The minimum atomic E-state index is -1.08. The van der Waals surface area contributed by atoms with Crippen LogP contribution in [0.1, 0.15) is 31.1 Å². The van der Waals surface area contributed by atoms with Crippen molar-refractivity contribution in [2.45, 2.75) is 25.4 Å². The molecule has 6 nitrogen and oxygen atoms in total. The number of carboxylic acid groups (broad SMARTS) is 1. The van der Waals surface area contributed by atoms with Crippen LogP contribution in [0.2, 0.25) is 0 Å². The number of fused-ring (bicyclic) bond motifs is 1. The Morgan fingerprint density at radius 2 is 2.15 bits per heavy atom. The van der Waals surface area contributed by atoms with E-state index in [9.17, 15) is 14.7 Å². The molecule has 108 valence electrons. The molecule has 1 heterocycles. The van der Waals surface area contributed by atoms with Crippen LogP contribution in [0.15, 0.2) is 18.2 Å². The smallest absolute Gasteiger partial charge is 0.329 e. The van der Waals surface area contributed by atoms with Gasteiger partial charge in [0.25, 0.3) is 0 Å². The molecule has 0 radical (unpaired) electrons. The number of aliphatic hydroxyl groups excluding tert-OH is 1. The summed E-state index contributed by atoms with van der Waals surface area (Å²) in [5.74, 6) is -1.16. The van der Waals surface area contributed by atoms with Gasteiger partial charge in [0.05, 0.1) is 12.0 Å². The van der Waals surface area contributed by atoms with Gasteiger partial charge < -0.3 is 20.3 Å². The molecular formula is C14H17NO5. The standard InChI is InChI=1S/C14H17NO5/c1-14(2)9-5-8(3-4-10(9)15-13(14)19)11(16)6-20-7-12(17)18/h3-5,11,16H,6-7H2,1-2H3,(H,15,19)(H,17,18). The van der Waals surface area contributed by atoms with Crippen LogP contribution in [0.5, 0.6) is 0 Å². The van der Waals surface area contributed by atoms with Crippen molar-refractivity contribution in [3.8, 4) is 0 Å². The van der Waals surface area contributed by atoms with Crippen LogP contribution < -0.4 is 5.32 Å². The van der Waals surface area contributed by atoms with Crippen molar-refractivity contribution in [2.24, 2.45) is 0 Å². The van der Waals surface area contributed by atoms with Crippen LogP contribution >= 0.6 is 0 Å². The van der Waals surface area contributed by atoms with E-state index in [1.54, 1.807) is 18.2 Å². The van der Waals surface area contributed by atoms with E-state index in [1.165, 1.54) is 0 Å². The quantitative estimate of drug-likeness (QED) is 0.748. The average molecular weight is 279 g/mol. The lowest BCUT2D eigenvalue weighted by atomic mass is 9.85. The second kappa shape index (κ2) is 5.22. The Balaban J connectivity index is 2.14. The first-order valence-corrected chi connectivity index (χ1v) is 6.26. The number of hydrogen-bond acceptors (Lipinski definition) is 4. The highest BCUT2D eigenvalue weighted by molar-refractivity contribution is 6.05. The van der Waals surface area contributed by atoms with Crippen molar-refractivity contribution in [1.82, 2.24) is 0 Å². The Morgan fingerprint density at radius 1 is 1.45 bits per heavy atom. The molecule has 0 spiro atoms. The van der Waals surface area contributed by atoms with E-state index in [-0.39, 0.29) is 12.5 Å². The number of aliphatic carboxylic acids is 1. The highest BCUT2D eigenvalue weighted by Crippen LogP contribution is 2.38. The number of aliphatic hydroxyl groups is 1. The molecule has 0 saturated heterocycles. The summed E-state index contributed by atoms with van der Waals surface area (Å²) in [6, 6.07) is 5.18. The lowest BCUT2D eigenvalue weighted by molar-refractivity contribution is -0.143. The van der Waals surface area contributed by atoms with Gasteiger partial charge in [-0.25, -0.2) is 4.79 Å². The first-order valence-electron chi connectivity index (χ1n) is 6.26. The van der Waals surface area contributed by atoms with Crippen molar-refractivity contribution >= 4 is 17.6 Å². The van der Waals surface area contributed by atoms with Gasteiger partial charge in [0.2, 0.25) is 5.91 Å². The summed E-state index contributed by atoms with van der Waals surface area (Å²) >= 11 is 0. The maximum atomic E-state index is 11.8. The minimum Gasteiger partial charge on any atom is -0.480 e. The van der Waals surface area contributed by atoms with Crippen LogP contribution in [-0.4, -0.2) is 35.3 Å². The zero-order chi connectivity index (χ0) is 14.9. The molecule has 1 amide bonds. The topological polar surface area (TPSA) is 95.9 Å². The Hall–Kier alpha value is -1.92. The van der Waals surface area contributed by atoms with Crippen LogP contribution in [0, 0.1) is 0 Å². The lowest BCUT2D eigenvalue weighted by Crippen LogP contribution is -2.27. The van der Waals surface area contributed by atoms with Crippen LogP contribution in [0.25, 0.3) is 0 Å². The van der Waals surface area contributed by atoms with Gasteiger partial charge >= 0.3 is 5.97 Å². The summed E-state index contributed by atoms with van der Waals surface area (Å²) in [4.78, 5) is 22.2. The molecule has 6 heteroatoms. The Bertz CT molecular complexity index is 552. The summed E-state index contributed by atoms with van der Waals surface area (Å²) in [6.07, 6.45) is -0.925. The molecule has 20 heavy (non-hydrogen) atoms. The van der Waals surface area contributed by atoms with Crippen LogP contribution in [-0.2, 0) is 19.7 Å². The molecule has 0 bridgehead atoms. The number of benzene rings is 1. The van der Waals surface area contributed by atoms with Crippen LogP contribution in [0.4, 0.5) is 5.69 Å². The Kier molecular flexibility index (Phi) is 3.78. The van der Waals surface area contributed by atoms with Crippen molar-refractivity contribution < 1.29 is 24.5 Å². The van der Waals surface area contributed by atoms with Gasteiger partial charge in [0.15, 0.2) is 0 Å². The maximum absolute atomic E-state index is 11.8. The fraction of sp³-hybridized carbons (Fsp3) is 0.429. The number of amides is 1. The van der Waals surface area contributed by atoms with Gasteiger partial charge in [0, 0.05) is 5.69 Å². The minimum absolute atomic E-state index is 0.0822. The van der Waals surface area contributed by atoms with E-state index >= 15 is 0 Å². The third-order valence-electron chi connectivity index (χ3n) is 3.42. The number of anilines is 1. The third kappa shape index (κ3) is 2.66. The summed E-state index contributed by atoms with van der Waals surface area (Å²) in [6.45, 7) is 3.07. The monoisotopic (exact) mass is 279 g/mol. The zero-order valence-electron chi connectivity index (χ0n) is 11.3. The predicted octanol–water partition coefficient (Wildman–Crippen LogP) is 1.05. The SMILES string of the molecule is CC1(C)C(=O)Nc2ccc(C(O)COCC(=O)O)cc21. The fourth-order valence-corrected chi connectivity index (χ4v) is 2.15. The van der Waals surface area contributed by atoms with Gasteiger partial charge in [-0.2, -0.15) is 0 Å². The van der Waals surface area contributed by atoms with Gasteiger partial charge in [-0.3, -0.25) is 4.79 Å². The number of carboxylic acids is 1. The molecule has 1 aromatic rings. The van der Waals surface area contributed by atoms with E-state index in [0.29, 0.717) is 5.56 Å². The summed E-state index contributed by atoms with van der Waals surface area (Å²) in [5, 5.41) is 21.2. The zero-order valence-corrected chi connectivity index (χ0v) is 11.3. The molecule has 1 aliphatic heterocycles. The van der Waals surface area contributed by atoms with Crippen molar-refractivity contribution in [3.63, 3.8) is 0 Å². The van der Waals surface area contributed by atoms with Gasteiger partial charge in [-0.1, -0.05) is 6.07 Å². The first kappa shape index (κ1) is 14.5. The molecule has 1 aromatic carbocycles. The van der Waals surface area contributed by atoms with E-state index < -0.39 is 24.1 Å².